The molecule has 0 bridgehead atoms. The van der Waals surface area contributed by atoms with E-state index in [1.54, 1.807) is 5.57 Å². The molecule has 10 rings (SSSR count). The van der Waals surface area contributed by atoms with Gasteiger partial charge in [0.15, 0.2) is 5.82 Å². The lowest BCUT2D eigenvalue weighted by Crippen LogP contribution is -2.28. The van der Waals surface area contributed by atoms with Crippen LogP contribution in [0.4, 0.5) is 11.5 Å². The first-order chi connectivity index (χ1) is 25.5. The Morgan fingerprint density at radius 2 is 1.60 bits per heavy atom. The van der Waals surface area contributed by atoms with Gasteiger partial charge in [0.05, 0.1) is 11.4 Å². The van der Waals surface area contributed by atoms with Crippen LogP contribution in [0.1, 0.15) is 54.9 Å². The molecule has 3 nitrogen and oxygen atoms in total. The summed E-state index contributed by atoms with van der Waals surface area (Å²) in [5.41, 5.74) is 12.7. The van der Waals surface area contributed by atoms with E-state index >= 15 is 0 Å². The summed E-state index contributed by atoms with van der Waals surface area (Å²) in [6, 6.07) is 37.8. The van der Waals surface area contributed by atoms with Crippen LogP contribution in [0.2, 0.25) is 0 Å². The number of hydrogen-bond acceptors (Lipinski definition) is 3. The molecule has 1 saturated carbocycles. The van der Waals surface area contributed by atoms with E-state index in [1.807, 2.05) is 0 Å². The van der Waals surface area contributed by atoms with Crippen molar-refractivity contribution >= 4 is 44.2 Å². The van der Waals surface area contributed by atoms with E-state index in [9.17, 15) is 0 Å². The van der Waals surface area contributed by atoms with E-state index in [-0.39, 0.29) is 5.41 Å². The molecule has 5 aromatic carbocycles. The summed E-state index contributed by atoms with van der Waals surface area (Å²) in [6.45, 7) is 4.91. The van der Waals surface area contributed by atoms with Crippen molar-refractivity contribution in [3.8, 4) is 11.1 Å². The van der Waals surface area contributed by atoms with Crippen LogP contribution in [0.3, 0.4) is 0 Å². The van der Waals surface area contributed by atoms with Crippen LogP contribution in [-0.2, 0) is 11.8 Å². The number of nitrogens with zero attached hydrogens (tertiary/aromatic N) is 3. The van der Waals surface area contributed by atoms with Crippen molar-refractivity contribution in [1.82, 2.24) is 9.97 Å². The summed E-state index contributed by atoms with van der Waals surface area (Å²) < 4.78 is 0. The molecule has 2 atom stereocenters. The third-order valence-electron chi connectivity index (χ3n) is 11.8. The zero-order valence-electron chi connectivity index (χ0n) is 30.0. The first kappa shape index (κ1) is 31.0. The van der Waals surface area contributed by atoms with Crippen LogP contribution < -0.4 is 4.90 Å². The van der Waals surface area contributed by atoms with Gasteiger partial charge in [0, 0.05) is 36.1 Å². The number of aromatic nitrogens is 2. The van der Waals surface area contributed by atoms with Crippen LogP contribution >= 0.6 is 0 Å². The Balaban J connectivity index is 1.27. The zero-order chi connectivity index (χ0) is 35.0. The van der Waals surface area contributed by atoms with Gasteiger partial charge in [-0.15, -0.1) is 0 Å². The Morgan fingerprint density at radius 1 is 0.788 bits per heavy atom. The molecule has 0 N–H and O–H groups in total. The third-order valence-corrected chi connectivity index (χ3v) is 11.8. The molecule has 3 heteroatoms. The number of benzene rings is 5. The molecular weight excluding hydrogens is 631 g/mol. The summed E-state index contributed by atoms with van der Waals surface area (Å²) in [4.78, 5) is 12.8. The largest absolute Gasteiger partial charge is 0.329 e. The Morgan fingerprint density at radius 3 is 2.50 bits per heavy atom. The van der Waals surface area contributed by atoms with E-state index in [1.165, 1.54) is 61.4 Å². The molecule has 0 aliphatic heterocycles. The summed E-state index contributed by atoms with van der Waals surface area (Å²) in [6.07, 6.45) is 18.6. The lowest BCUT2D eigenvalue weighted by atomic mass is 9.64. The van der Waals surface area contributed by atoms with Crippen LogP contribution in [0.5, 0.6) is 0 Å². The minimum Gasteiger partial charge on any atom is -0.329 e. The van der Waals surface area contributed by atoms with Gasteiger partial charge in [-0.2, -0.15) is 0 Å². The summed E-state index contributed by atoms with van der Waals surface area (Å²) in [5, 5.41) is 5.15. The Bertz CT molecular complexity index is 2590. The van der Waals surface area contributed by atoms with E-state index < -0.39 is 0 Å². The normalized spacial score (nSPS) is 19.3. The quantitative estimate of drug-likeness (QED) is 0.176. The highest BCUT2D eigenvalue weighted by molar-refractivity contribution is 6.15. The van der Waals surface area contributed by atoms with Crippen LogP contribution in [0.15, 0.2) is 151 Å². The second-order valence-electron chi connectivity index (χ2n) is 15.3. The monoisotopic (exact) mass is 671 g/mol. The van der Waals surface area contributed by atoms with Crippen molar-refractivity contribution in [2.75, 3.05) is 11.9 Å². The molecule has 6 aromatic rings. The Hall–Kier alpha value is -5.80. The molecule has 0 radical (unpaired) electrons. The molecule has 0 saturated heterocycles. The Kier molecular flexibility index (Phi) is 7.08. The van der Waals surface area contributed by atoms with Gasteiger partial charge in [-0.25, -0.2) is 9.97 Å². The lowest BCUT2D eigenvalue weighted by Gasteiger charge is -2.40. The van der Waals surface area contributed by atoms with E-state index in [0.717, 1.165) is 41.4 Å². The average Bonchev–Trinajstić information content (AvgIpc) is 4.00. The van der Waals surface area contributed by atoms with Crippen molar-refractivity contribution in [2.45, 2.75) is 38.5 Å². The van der Waals surface area contributed by atoms with Crippen molar-refractivity contribution in [3.05, 3.63) is 179 Å². The Labute approximate surface area is 306 Å². The van der Waals surface area contributed by atoms with Crippen LogP contribution in [0.25, 0.3) is 43.8 Å². The highest BCUT2D eigenvalue weighted by Gasteiger charge is 2.50. The van der Waals surface area contributed by atoms with Gasteiger partial charge in [0.1, 0.15) is 5.82 Å². The molecule has 4 aliphatic carbocycles. The van der Waals surface area contributed by atoms with Gasteiger partial charge < -0.3 is 4.90 Å². The number of fused-ring (bicyclic) bond motifs is 4. The zero-order valence-corrected chi connectivity index (χ0v) is 30.0. The maximum Gasteiger partial charge on any atom is 0.161 e. The predicted octanol–water partition coefficient (Wildman–Crippen LogP) is 12.0. The topological polar surface area (TPSA) is 29.0 Å². The predicted molar refractivity (Wildman–Crippen MR) is 218 cm³/mol. The first-order valence-electron chi connectivity index (χ1n) is 18.7. The summed E-state index contributed by atoms with van der Waals surface area (Å²) in [5.74, 6) is 2.90. The summed E-state index contributed by atoms with van der Waals surface area (Å²) in [7, 11) is 2.19. The highest BCUT2D eigenvalue weighted by Crippen LogP contribution is 2.62. The minimum absolute atomic E-state index is 0.0439. The maximum absolute atomic E-state index is 5.34. The number of anilines is 2. The van der Waals surface area contributed by atoms with Crippen LogP contribution in [0, 0.1) is 11.8 Å². The minimum atomic E-state index is -0.0439. The molecule has 1 fully saturated rings. The molecule has 4 aliphatic rings. The van der Waals surface area contributed by atoms with Gasteiger partial charge in [-0.1, -0.05) is 147 Å². The molecule has 1 aromatic heterocycles. The van der Waals surface area contributed by atoms with Gasteiger partial charge in [0.25, 0.3) is 0 Å². The lowest BCUT2D eigenvalue weighted by molar-refractivity contribution is 0.579. The molecule has 0 spiro atoms. The average molecular weight is 672 g/mol. The van der Waals surface area contributed by atoms with E-state index in [4.69, 9.17) is 9.97 Å². The third kappa shape index (κ3) is 4.94. The van der Waals surface area contributed by atoms with Crippen molar-refractivity contribution in [2.24, 2.45) is 11.8 Å². The molecule has 2 unspecified atom stereocenters. The smallest absolute Gasteiger partial charge is 0.161 e. The fourth-order valence-electron chi connectivity index (χ4n) is 9.18. The fourth-order valence-corrected chi connectivity index (χ4v) is 9.18. The molecule has 252 valence electrons. The van der Waals surface area contributed by atoms with Gasteiger partial charge in [-0.05, 0) is 85.7 Å². The molecule has 0 amide bonds. The fraction of sp³-hybridized carbons (Fsp3) is 0.184. The molecular formula is C49H41N3. The van der Waals surface area contributed by atoms with Crippen molar-refractivity contribution in [3.63, 3.8) is 0 Å². The van der Waals surface area contributed by atoms with Gasteiger partial charge in [-0.3, -0.25) is 0 Å². The standard InChI is InChI=1S/C49H41N3/c1-49(2)41-24-14-21-35-29-42(52(3)43-30-36(27-31-15-7-6-8-16-31)50-48(51-43)33-18-9-4-5-10-19-33)45(38-23-13-20-32-17-11-12-22-37(32)38)46(44(35)41)39-26-25-34-28-40(34)47(39)49/h4,6-26,29-30,34,40H,5,27-28H2,1-3H3. The van der Waals surface area contributed by atoms with Gasteiger partial charge in [0.2, 0.25) is 0 Å². The second-order valence-corrected chi connectivity index (χ2v) is 15.3. The SMILES string of the molecule is CN(c1cc(Cc2ccccc2)nc(C2=CC=CCC=C2)n1)c1cc2cccc3c2c(c1-c1cccc2ccccc12)C1=C(C2CC2C=C1)C3(C)C. The van der Waals surface area contributed by atoms with Crippen LogP contribution in [-0.4, -0.2) is 17.0 Å². The second kappa shape index (κ2) is 11.9. The number of allylic oxidation sites excluding steroid dienone is 10. The molecule has 1 heterocycles. The number of rotatable bonds is 6. The van der Waals surface area contributed by atoms with E-state index in [0.29, 0.717) is 11.8 Å². The van der Waals surface area contributed by atoms with E-state index in [2.05, 4.69) is 171 Å². The van der Waals surface area contributed by atoms with Crippen molar-refractivity contribution in [1.29, 1.82) is 0 Å². The van der Waals surface area contributed by atoms with Crippen molar-refractivity contribution < 1.29 is 0 Å². The van der Waals surface area contributed by atoms with Gasteiger partial charge >= 0.3 is 0 Å². The highest BCUT2D eigenvalue weighted by atomic mass is 15.2. The first-order valence-corrected chi connectivity index (χ1v) is 18.7. The molecule has 52 heavy (non-hydrogen) atoms. The summed E-state index contributed by atoms with van der Waals surface area (Å²) >= 11 is 0. The number of hydrogen-bond donors (Lipinski definition) is 0. The maximum atomic E-state index is 5.34.